The van der Waals surface area contributed by atoms with Gasteiger partial charge in [0, 0.05) is 12.1 Å². The molecule has 0 unspecified atom stereocenters. The Bertz CT molecular complexity index is 345. The molecular weight excluding hydrogens is 263 g/mol. The zero-order chi connectivity index (χ0) is 16.3. The minimum Gasteiger partial charge on any atom is -0.317 e. The average molecular weight is 296 g/mol. The summed E-state index contributed by atoms with van der Waals surface area (Å²) in [5.41, 5.74) is 0.978. The Kier molecular flexibility index (Phi) is 11.2. The number of nitrogens with one attached hydrogen (secondary N) is 2. The molecule has 0 aliphatic rings. The summed E-state index contributed by atoms with van der Waals surface area (Å²) in [5, 5.41) is 6.98. The Morgan fingerprint density at radius 1 is 1.24 bits per heavy atom. The number of hydrogen-bond acceptors (Lipinski definition) is 2. The summed E-state index contributed by atoms with van der Waals surface area (Å²) < 4.78 is 13.1. The molecule has 21 heavy (non-hydrogen) atoms. The van der Waals surface area contributed by atoms with Crippen LogP contribution in [0.4, 0.5) is 4.39 Å². The van der Waals surface area contributed by atoms with Gasteiger partial charge < -0.3 is 10.6 Å². The van der Waals surface area contributed by atoms with Crippen LogP contribution in [0.15, 0.2) is 36.2 Å². The maximum Gasteiger partial charge on any atom is 0.118 e. The van der Waals surface area contributed by atoms with E-state index in [1.807, 2.05) is 0 Å². The first-order chi connectivity index (χ1) is 9.90. The molecule has 0 saturated carbocycles. The van der Waals surface area contributed by atoms with Gasteiger partial charge in [-0.1, -0.05) is 52.0 Å². The van der Waals surface area contributed by atoms with E-state index in [9.17, 15) is 4.39 Å². The van der Waals surface area contributed by atoms with E-state index in [2.05, 4.69) is 44.9 Å². The van der Waals surface area contributed by atoms with Crippen molar-refractivity contribution in [1.82, 2.24) is 10.6 Å². The lowest BCUT2D eigenvalue weighted by atomic mass is 9.92. The molecule has 2 atom stereocenters. The fourth-order valence-electron chi connectivity index (χ4n) is 2.22. The van der Waals surface area contributed by atoms with E-state index in [-0.39, 0.29) is 5.83 Å². The SMILES string of the molecule is C=C(/C=C\C(F)=C/C)[C@@H](C)C[C@@H](CCNCC)NC(C)C. The Labute approximate surface area is 130 Å². The first-order valence-corrected chi connectivity index (χ1v) is 8.06. The fourth-order valence-corrected chi connectivity index (χ4v) is 2.22. The van der Waals surface area contributed by atoms with Crippen LogP contribution in [0.3, 0.4) is 0 Å². The van der Waals surface area contributed by atoms with E-state index in [0.717, 1.165) is 31.5 Å². The summed E-state index contributed by atoms with van der Waals surface area (Å²) in [5.74, 6) is 0.121. The van der Waals surface area contributed by atoms with Crippen molar-refractivity contribution in [3.05, 3.63) is 36.2 Å². The third kappa shape index (κ3) is 10.4. The second-order valence-corrected chi connectivity index (χ2v) is 5.88. The molecule has 0 radical (unpaired) electrons. The van der Waals surface area contributed by atoms with E-state index >= 15 is 0 Å². The number of allylic oxidation sites excluding steroid dienone is 5. The van der Waals surface area contributed by atoms with Crippen LogP contribution < -0.4 is 10.6 Å². The van der Waals surface area contributed by atoms with Gasteiger partial charge in [-0.3, -0.25) is 0 Å². The molecule has 0 saturated heterocycles. The monoisotopic (exact) mass is 296 g/mol. The number of halogens is 1. The third-order valence-electron chi connectivity index (χ3n) is 3.49. The van der Waals surface area contributed by atoms with E-state index in [1.165, 1.54) is 12.2 Å². The molecule has 2 nitrogen and oxygen atoms in total. The highest BCUT2D eigenvalue weighted by atomic mass is 19.1. The molecule has 0 aromatic carbocycles. The van der Waals surface area contributed by atoms with Gasteiger partial charge in [-0.25, -0.2) is 4.39 Å². The highest BCUT2D eigenvalue weighted by Gasteiger charge is 2.15. The second kappa shape index (κ2) is 11.7. The minimum atomic E-state index is -0.215. The predicted octanol–water partition coefficient (Wildman–Crippen LogP) is 4.36. The summed E-state index contributed by atoms with van der Waals surface area (Å²) >= 11 is 0. The van der Waals surface area contributed by atoms with Crippen LogP contribution in [-0.4, -0.2) is 25.2 Å². The van der Waals surface area contributed by atoms with Gasteiger partial charge in [0.2, 0.25) is 0 Å². The van der Waals surface area contributed by atoms with Gasteiger partial charge in [-0.05, 0) is 44.8 Å². The van der Waals surface area contributed by atoms with Crippen molar-refractivity contribution in [1.29, 1.82) is 0 Å². The van der Waals surface area contributed by atoms with Crippen molar-refractivity contribution in [2.24, 2.45) is 5.92 Å². The van der Waals surface area contributed by atoms with E-state index in [0.29, 0.717) is 18.0 Å². The second-order valence-electron chi connectivity index (χ2n) is 5.88. The first kappa shape index (κ1) is 20.1. The standard InChI is InChI=1S/C18H33FN2/c1-7-17(19)10-9-15(5)16(6)13-18(21-14(3)4)11-12-20-8-2/h7,9-10,14,16,18,20-21H,5,8,11-13H2,1-4,6H3/b10-9-,17-7+/t16-,18+/m0/s1. The molecule has 0 spiro atoms. The van der Waals surface area contributed by atoms with Gasteiger partial charge in [-0.2, -0.15) is 0 Å². The first-order valence-electron chi connectivity index (χ1n) is 8.06. The predicted molar refractivity (Wildman–Crippen MR) is 92.1 cm³/mol. The van der Waals surface area contributed by atoms with Crippen LogP contribution >= 0.6 is 0 Å². The lowest BCUT2D eigenvalue weighted by molar-refractivity contribution is 0.377. The van der Waals surface area contributed by atoms with Crippen molar-refractivity contribution >= 4 is 0 Å². The molecule has 0 rings (SSSR count). The Balaban J connectivity index is 4.45. The Hall–Kier alpha value is -0.930. The third-order valence-corrected chi connectivity index (χ3v) is 3.49. The summed E-state index contributed by atoms with van der Waals surface area (Å²) in [6, 6.07) is 0.920. The minimum absolute atomic E-state index is 0.215. The largest absolute Gasteiger partial charge is 0.317 e. The molecule has 0 aromatic rings. The summed E-state index contributed by atoms with van der Waals surface area (Å²) in [4.78, 5) is 0. The van der Waals surface area contributed by atoms with Crippen molar-refractivity contribution in [2.45, 2.75) is 59.5 Å². The molecule has 3 heteroatoms. The van der Waals surface area contributed by atoms with Crippen molar-refractivity contribution in [3.63, 3.8) is 0 Å². The Morgan fingerprint density at radius 3 is 2.43 bits per heavy atom. The molecule has 0 amide bonds. The van der Waals surface area contributed by atoms with Crippen LogP contribution in [0, 0.1) is 5.92 Å². The normalized spacial score (nSPS) is 15.7. The van der Waals surface area contributed by atoms with Crippen LogP contribution in [0.25, 0.3) is 0 Å². The van der Waals surface area contributed by atoms with E-state index < -0.39 is 0 Å². The molecule has 0 bridgehead atoms. The highest BCUT2D eigenvalue weighted by molar-refractivity contribution is 5.23. The highest BCUT2D eigenvalue weighted by Crippen LogP contribution is 2.19. The topological polar surface area (TPSA) is 24.1 Å². The molecule has 0 fully saturated rings. The van der Waals surface area contributed by atoms with Crippen molar-refractivity contribution < 1.29 is 4.39 Å². The lowest BCUT2D eigenvalue weighted by Gasteiger charge is -2.25. The molecular formula is C18H33FN2. The molecule has 2 N–H and O–H groups in total. The molecule has 0 aliphatic carbocycles. The molecule has 0 aliphatic heterocycles. The maximum absolute atomic E-state index is 13.1. The fraction of sp³-hybridized carbons (Fsp3) is 0.667. The molecule has 122 valence electrons. The molecule has 0 heterocycles. The van der Waals surface area contributed by atoms with Crippen LogP contribution in [0.5, 0.6) is 0 Å². The van der Waals surface area contributed by atoms with E-state index in [4.69, 9.17) is 0 Å². The van der Waals surface area contributed by atoms with Gasteiger partial charge >= 0.3 is 0 Å². The number of hydrogen-bond donors (Lipinski definition) is 2. The van der Waals surface area contributed by atoms with Crippen LogP contribution in [-0.2, 0) is 0 Å². The van der Waals surface area contributed by atoms with Gasteiger partial charge in [0.1, 0.15) is 5.83 Å². The zero-order valence-corrected chi connectivity index (χ0v) is 14.4. The van der Waals surface area contributed by atoms with Gasteiger partial charge in [0.15, 0.2) is 0 Å². The van der Waals surface area contributed by atoms with Crippen molar-refractivity contribution in [3.8, 4) is 0 Å². The van der Waals surface area contributed by atoms with Crippen LogP contribution in [0.2, 0.25) is 0 Å². The maximum atomic E-state index is 13.1. The quantitative estimate of drug-likeness (QED) is 0.437. The summed E-state index contributed by atoms with van der Waals surface area (Å²) in [6.45, 7) is 16.4. The van der Waals surface area contributed by atoms with Gasteiger partial charge in [0.05, 0.1) is 0 Å². The van der Waals surface area contributed by atoms with Crippen LogP contribution in [0.1, 0.15) is 47.5 Å². The Morgan fingerprint density at radius 2 is 1.90 bits per heavy atom. The molecule has 0 aromatic heterocycles. The van der Waals surface area contributed by atoms with Gasteiger partial charge in [-0.15, -0.1) is 0 Å². The zero-order valence-electron chi connectivity index (χ0n) is 14.4. The average Bonchev–Trinajstić information content (AvgIpc) is 2.43. The summed E-state index contributed by atoms with van der Waals surface area (Å²) in [6.07, 6.45) is 6.84. The number of rotatable bonds is 11. The lowest BCUT2D eigenvalue weighted by Crippen LogP contribution is -2.38. The summed E-state index contributed by atoms with van der Waals surface area (Å²) in [7, 11) is 0. The smallest absolute Gasteiger partial charge is 0.118 e. The van der Waals surface area contributed by atoms with Gasteiger partial charge in [0.25, 0.3) is 0 Å². The van der Waals surface area contributed by atoms with E-state index in [1.54, 1.807) is 13.0 Å². The van der Waals surface area contributed by atoms with Crippen molar-refractivity contribution in [2.75, 3.05) is 13.1 Å².